The number of para-hydroxylation sites is 1. The van der Waals surface area contributed by atoms with Crippen LogP contribution in [0.2, 0.25) is 0 Å². The molecule has 0 aliphatic rings. The van der Waals surface area contributed by atoms with Crippen LogP contribution in [-0.4, -0.2) is 13.0 Å². The average molecular weight is 288 g/mol. The van der Waals surface area contributed by atoms with E-state index in [2.05, 4.69) is 5.32 Å². The van der Waals surface area contributed by atoms with Crippen molar-refractivity contribution in [3.05, 3.63) is 52.8 Å². The quantitative estimate of drug-likeness (QED) is 0.852. The number of nitrogens with one attached hydrogen (secondary N) is 1. The molecule has 2 rings (SSSR count). The third-order valence-electron chi connectivity index (χ3n) is 3.35. The lowest BCUT2D eigenvalue weighted by atomic mass is 10.1. The molecule has 0 heterocycles. The zero-order valence-electron chi connectivity index (χ0n) is 12.2. The number of methoxy groups -OCH3 is 1. The van der Waals surface area contributed by atoms with Crippen LogP contribution >= 0.6 is 0 Å². The van der Waals surface area contributed by atoms with Crippen molar-refractivity contribution >= 4 is 17.3 Å². The smallest absolute Gasteiger partial charge is 0.257 e. The highest BCUT2D eigenvalue weighted by Gasteiger charge is 2.15. The molecule has 0 radical (unpaired) electrons. The molecule has 4 nitrogen and oxygen atoms in total. The van der Waals surface area contributed by atoms with Crippen LogP contribution in [0.15, 0.2) is 30.3 Å². The third kappa shape index (κ3) is 2.81. The van der Waals surface area contributed by atoms with Crippen molar-refractivity contribution < 1.29 is 13.9 Å². The highest BCUT2D eigenvalue weighted by atomic mass is 19.1. The van der Waals surface area contributed by atoms with E-state index in [1.807, 2.05) is 19.9 Å². The van der Waals surface area contributed by atoms with Crippen molar-refractivity contribution in [2.45, 2.75) is 13.8 Å². The minimum absolute atomic E-state index is 0.106. The van der Waals surface area contributed by atoms with E-state index in [4.69, 9.17) is 10.5 Å². The first-order valence-electron chi connectivity index (χ1n) is 6.45. The van der Waals surface area contributed by atoms with E-state index in [9.17, 15) is 9.18 Å². The largest absolute Gasteiger partial charge is 0.496 e. The lowest BCUT2D eigenvalue weighted by Crippen LogP contribution is -2.15. The second-order valence-electron chi connectivity index (χ2n) is 4.74. The SMILES string of the molecule is COc1c(C)ccc(NC(=O)c2cccc(F)c2N)c1C. The summed E-state index contributed by atoms with van der Waals surface area (Å²) in [6.45, 7) is 3.76. The van der Waals surface area contributed by atoms with E-state index in [1.165, 1.54) is 18.2 Å². The van der Waals surface area contributed by atoms with Gasteiger partial charge < -0.3 is 15.8 Å². The predicted molar refractivity (Wildman–Crippen MR) is 81.2 cm³/mol. The Kier molecular flexibility index (Phi) is 4.12. The Morgan fingerprint density at radius 3 is 2.62 bits per heavy atom. The number of anilines is 2. The molecule has 0 saturated heterocycles. The second-order valence-corrected chi connectivity index (χ2v) is 4.74. The van der Waals surface area contributed by atoms with Crippen LogP contribution in [0, 0.1) is 19.7 Å². The third-order valence-corrected chi connectivity index (χ3v) is 3.35. The van der Waals surface area contributed by atoms with Crippen LogP contribution in [-0.2, 0) is 0 Å². The van der Waals surface area contributed by atoms with Crippen molar-refractivity contribution in [3.8, 4) is 5.75 Å². The number of nitrogens with two attached hydrogens (primary N) is 1. The first kappa shape index (κ1) is 14.8. The maximum atomic E-state index is 13.4. The Bertz CT molecular complexity index is 699. The van der Waals surface area contributed by atoms with E-state index >= 15 is 0 Å². The number of aryl methyl sites for hydroxylation is 1. The molecule has 2 aromatic rings. The highest BCUT2D eigenvalue weighted by molar-refractivity contribution is 6.08. The van der Waals surface area contributed by atoms with E-state index in [-0.39, 0.29) is 11.3 Å². The minimum Gasteiger partial charge on any atom is -0.496 e. The Hall–Kier alpha value is -2.56. The van der Waals surface area contributed by atoms with Gasteiger partial charge in [0.2, 0.25) is 0 Å². The van der Waals surface area contributed by atoms with Crippen molar-refractivity contribution in [1.29, 1.82) is 0 Å². The summed E-state index contributed by atoms with van der Waals surface area (Å²) in [5.74, 6) is -0.359. The minimum atomic E-state index is -0.610. The van der Waals surface area contributed by atoms with Crippen molar-refractivity contribution in [2.75, 3.05) is 18.2 Å². The van der Waals surface area contributed by atoms with Crippen LogP contribution < -0.4 is 15.8 Å². The van der Waals surface area contributed by atoms with Crippen LogP contribution in [0.3, 0.4) is 0 Å². The summed E-state index contributed by atoms with van der Waals surface area (Å²) >= 11 is 0. The van der Waals surface area contributed by atoms with Gasteiger partial charge in [-0.05, 0) is 37.6 Å². The molecule has 0 aliphatic heterocycles. The maximum Gasteiger partial charge on any atom is 0.257 e. The Balaban J connectivity index is 2.34. The van der Waals surface area contributed by atoms with Gasteiger partial charge in [0.1, 0.15) is 11.6 Å². The van der Waals surface area contributed by atoms with Gasteiger partial charge in [-0.2, -0.15) is 0 Å². The van der Waals surface area contributed by atoms with Gasteiger partial charge in [0.05, 0.1) is 18.4 Å². The average Bonchev–Trinajstić information content (AvgIpc) is 2.45. The zero-order valence-corrected chi connectivity index (χ0v) is 12.2. The summed E-state index contributed by atoms with van der Waals surface area (Å²) < 4.78 is 18.7. The number of halogens is 1. The topological polar surface area (TPSA) is 64.3 Å². The maximum absolute atomic E-state index is 13.4. The molecule has 3 N–H and O–H groups in total. The van der Waals surface area contributed by atoms with Gasteiger partial charge in [0.25, 0.3) is 5.91 Å². The Labute approximate surface area is 122 Å². The van der Waals surface area contributed by atoms with Crippen LogP contribution in [0.4, 0.5) is 15.8 Å². The number of ether oxygens (including phenoxy) is 1. The molecule has 2 aromatic carbocycles. The Morgan fingerprint density at radius 1 is 1.24 bits per heavy atom. The molecule has 110 valence electrons. The summed E-state index contributed by atoms with van der Waals surface area (Å²) in [5.41, 5.74) is 7.92. The molecule has 0 saturated carbocycles. The fourth-order valence-electron chi connectivity index (χ4n) is 2.20. The molecular formula is C16H17FN2O2. The molecule has 1 amide bonds. The standard InChI is InChI=1S/C16H17FN2O2/c1-9-7-8-13(10(2)15(9)21-3)19-16(20)11-5-4-6-12(17)14(11)18/h4-8H,18H2,1-3H3,(H,19,20). The van der Waals surface area contributed by atoms with E-state index in [1.54, 1.807) is 13.2 Å². The first-order valence-corrected chi connectivity index (χ1v) is 6.45. The summed E-state index contributed by atoms with van der Waals surface area (Å²) in [6.07, 6.45) is 0. The van der Waals surface area contributed by atoms with Crippen molar-refractivity contribution in [1.82, 2.24) is 0 Å². The summed E-state index contributed by atoms with van der Waals surface area (Å²) in [6, 6.07) is 7.76. The van der Waals surface area contributed by atoms with Crippen molar-refractivity contribution in [3.63, 3.8) is 0 Å². The molecule has 5 heteroatoms. The monoisotopic (exact) mass is 288 g/mol. The molecule has 0 bridgehead atoms. The van der Waals surface area contributed by atoms with Gasteiger partial charge in [0, 0.05) is 11.3 Å². The predicted octanol–water partition coefficient (Wildman–Crippen LogP) is 3.29. The van der Waals surface area contributed by atoms with Gasteiger partial charge in [0.15, 0.2) is 0 Å². The van der Waals surface area contributed by atoms with Gasteiger partial charge in [-0.1, -0.05) is 12.1 Å². The molecular weight excluding hydrogens is 271 g/mol. The zero-order chi connectivity index (χ0) is 15.6. The van der Waals surface area contributed by atoms with Gasteiger partial charge in [-0.25, -0.2) is 4.39 Å². The number of carbonyl (C=O) groups excluding carboxylic acids is 1. The number of rotatable bonds is 3. The van der Waals surface area contributed by atoms with Gasteiger partial charge >= 0.3 is 0 Å². The summed E-state index contributed by atoms with van der Waals surface area (Å²) in [7, 11) is 1.57. The fourth-order valence-corrected chi connectivity index (χ4v) is 2.20. The lowest BCUT2D eigenvalue weighted by Gasteiger charge is -2.14. The molecule has 0 atom stereocenters. The van der Waals surface area contributed by atoms with Crippen molar-refractivity contribution in [2.24, 2.45) is 0 Å². The molecule has 0 spiro atoms. The number of hydrogen-bond acceptors (Lipinski definition) is 3. The van der Waals surface area contributed by atoms with E-state index in [0.29, 0.717) is 11.4 Å². The van der Waals surface area contributed by atoms with Crippen LogP contribution in [0.25, 0.3) is 0 Å². The van der Waals surface area contributed by atoms with Crippen LogP contribution in [0.5, 0.6) is 5.75 Å². The van der Waals surface area contributed by atoms with Gasteiger partial charge in [-0.15, -0.1) is 0 Å². The van der Waals surface area contributed by atoms with E-state index < -0.39 is 11.7 Å². The number of amides is 1. The molecule has 0 fully saturated rings. The lowest BCUT2D eigenvalue weighted by molar-refractivity contribution is 0.102. The fraction of sp³-hybridized carbons (Fsp3) is 0.188. The molecule has 0 aromatic heterocycles. The number of carbonyl (C=O) groups is 1. The molecule has 0 unspecified atom stereocenters. The normalized spacial score (nSPS) is 10.3. The molecule has 21 heavy (non-hydrogen) atoms. The molecule has 0 aliphatic carbocycles. The number of nitrogen functional groups attached to an aromatic ring is 1. The second kappa shape index (κ2) is 5.83. The number of hydrogen-bond donors (Lipinski definition) is 2. The highest BCUT2D eigenvalue weighted by Crippen LogP contribution is 2.29. The number of benzene rings is 2. The van der Waals surface area contributed by atoms with E-state index in [0.717, 1.165) is 11.1 Å². The van der Waals surface area contributed by atoms with Crippen LogP contribution in [0.1, 0.15) is 21.5 Å². The van der Waals surface area contributed by atoms with Gasteiger partial charge in [-0.3, -0.25) is 4.79 Å². The summed E-state index contributed by atoms with van der Waals surface area (Å²) in [4.78, 5) is 12.2. The first-order chi connectivity index (χ1) is 9.95. The Morgan fingerprint density at radius 2 is 1.95 bits per heavy atom. The summed E-state index contributed by atoms with van der Waals surface area (Å²) in [5, 5.41) is 2.73.